The number of pyridine rings is 1. The highest BCUT2D eigenvalue weighted by Gasteiger charge is 2.34. The number of halogens is 4. The molecule has 112 valence electrons. The Balaban J connectivity index is 2.28. The van der Waals surface area contributed by atoms with Crippen molar-refractivity contribution in [3.8, 4) is 5.88 Å². The van der Waals surface area contributed by atoms with Crippen molar-refractivity contribution in [3.05, 3.63) is 52.7 Å². The van der Waals surface area contributed by atoms with Crippen LogP contribution in [0.2, 0.25) is 5.02 Å². The second-order valence-corrected chi connectivity index (χ2v) is 4.59. The molecule has 0 amide bonds. The number of anilines is 1. The maximum absolute atomic E-state index is 13.0. The molecule has 0 bridgehead atoms. The molecule has 2 aromatic rings. The summed E-state index contributed by atoms with van der Waals surface area (Å²) in [6, 6.07) is 7.04. The van der Waals surface area contributed by atoms with Crippen LogP contribution in [0.3, 0.4) is 0 Å². The van der Waals surface area contributed by atoms with Gasteiger partial charge in [-0.3, -0.25) is 0 Å². The van der Waals surface area contributed by atoms with E-state index in [1.807, 2.05) is 0 Å². The van der Waals surface area contributed by atoms with E-state index in [0.717, 1.165) is 6.07 Å². The summed E-state index contributed by atoms with van der Waals surface area (Å²) in [7, 11) is 1.45. The molecule has 0 aliphatic heterocycles. The molecule has 1 heterocycles. The number of alkyl halides is 3. The number of hydrogen-bond donors (Lipinski definition) is 1. The average Bonchev–Trinajstić information content (AvgIpc) is 2.45. The standard InChI is InChI=1S/C14H12ClF3N2O/c1-21-13-9(4-3-7-19-13)8-20-12-10(14(16,17)18)5-2-6-11(12)15/h2-7,20H,8H2,1H3. The number of nitrogens with one attached hydrogen (secondary N) is 1. The fourth-order valence-electron chi connectivity index (χ4n) is 1.87. The molecule has 0 spiro atoms. The topological polar surface area (TPSA) is 34.1 Å². The fraction of sp³-hybridized carbons (Fsp3) is 0.214. The molecule has 0 saturated carbocycles. The number of rotatable bonds is 4. The van der Waals surface area contributed by atoms with Gasteiger partial charge in [0.15, 0.2) is 0 Å². The number of benzene rings is 1. The number of ether oxygens (including phenoxy) is 1. The van der Waals surface area contributed by atoms with Gasteiger partial charge < -0.3 is 10.1 Å². The van der Waals surface area contributed by atoms with Gasteiger partial charge in [0.05, 0.1) is 23.4 Å². The molecule has 0 radical (unpaired) electrons. The molecule has 7 heteroatoms. The Labute approximate surface area is 124 Å². The summed E-state index contributed by atoms with van der Waals surface area (Å²) < 4.78 is 43.9. The van der Waals surface area contributed by atoms with Crippen molar-refractivity contribution in [2.45, 2.75) is 12.7 Å². The SMILES string of the molecule is COc1ncccc1CNc1c(Cl)cccc1C(F)(F)F. The smallest absolute Gasteiger partial charge is 0.418 e. The molecule has 0 aliphatic carbocycles. The zero-order valence-electron chi connectivity index (χ0n) is 11.0. The third-order valence-electron chi connectivity index (χ3n) is 2.82. The van der Waals surface area contributed by atoms with E-state index >= 15 is 0 Å². The van der Waals surface area contributed by atoms with Crippen LogP contribution in [0.25, 0.3) is 0 Å². The van der Waals surface area contributed by atoms with Gasteiger partial charge in [-0.25, -0.2) is 4.98 Å². The molecule has 3 nitrogen and oxygen atoms in total. The van der Waals surface area contributed by atoms with Crippen LogP contribution in [0.1, 0.15) is 11.1 Å². The minimum Gasteiger partial charge on any atom is -0.481 e. The summed E-state index contributed by atoms with van der Waals surface area (Å²) in [6.45, 7) is 0.115. The van der Waals surface area contributed by atoms with Crippen molar-refractivity contribution in [3.63, 3.8) is 0 Å². The van der Waals surface area contributed by atoms with Crippen LogP contribution >= 0.6 is 11.6 Å². The van der Waals surface area contributed by atoms with E-state index in [9.17, 15) is 13.2 Å². The van der Waals surface area contributed by atoms with Crippen molar-refractivity contribution >= 4 is 17.3 Å². The van der Waals surface area contributed by atoms with E-state index in [-0.39, 0.29) is 17.3 Å². The molecule has 0 aliphatic rings. The lowest BCUT2D eigenvalue weighted by molar-refractivity contribution is -0.136. The molecule has 1 N–H and O–H groups in total. The predicted molar refractivity (Wildman–Crippen MR) is 74.6 cm³/mol. The summed E-state index contributed by atoms with van der Waals surface area (Å²) in [6.07, 6.45) is -2.94. The molecule has 2 rings (SSSR count). The molecule has 0 fully saturated rings. The van der Waals surface area contributed by atoms with Crippen LogP contribution in [0.4, 0.5) is 18.9 Å². The Morgan fingerprint density at radius 3 is 2.67 bits per heavy atom. The van der Waals surface area contributed by atoms with E-state index in [0.29, 0.717) is 11.4 Å². The zero-order chi connectivity index (χ0) is 15.5. The number of hydrogen-bond acceptors (Lipinski definition) is 3. The van der Waals surface area contributed by atoms with Gasteiger partial charge in [0.1, 0.15) is 0 Å². The highest BCUT2D eigenvalue weighted by Crippen LogP contribution is 2.38. The lowest BCUT2D eigenvalue weighted by atomic mass is 10.1. The predicted octanol–water partition coefficient (Wildman–Crippen LogP) is 4.37. The first-order valence-corrected chi connectivity index (χ1v) is 6.38. The van der Waals surface area contributed by atoms with Gasteiger partial charge in [-0.2, -0.15) is 13.2 Å². The first-order chi connectivity index (χ1) is 9.93. The number of para-hydroxylation sites is 1. The quantitative estimate of drug-likeness (QED) is 0.909. The largest absolute Gasteiger partial charge is 0.481 e. The van der Waals surface area contributed by atoms with E-state index in [2.05, 4.69) is 10.3 Å². The third kappa shape index (κ3) is 3.58. The second kappa shape index (κ2) is 6.22. The minimum absolute atomic E-state index is 0.00711. The van der Waals surface area contributed by atoms with Gasteiger partial charge in [-0.15, -0.1) is 0 Å². The maximum Gasteiger partial charge on any atom is 0.418 e. The van der Waals surface area contributed by atoms with Crippen molar-refractivity contribution in [1.29, 1.82) is 0 Å². The third-order valence-corrected chi connectivity index (χ3v) is 3.13. The Bertz CT molecular complexity index is 632. The summed E-state index contributed by atoms with van der Waals surface area (Å²) in [5.74, 6) is 0.352. The Kier molecular flexibility index (Phi) is 4.57. The highest BCUT2D eigenvalue weighted by atomic mass is 35.5. The normalized spacial score (nSPS) is 11.3. The fourth-order valence-corrected chi connectivity index (χ4v) is 2.11. The molecular weight excluding hydrogens is 305 g/mol. The molecule has 1 aromatic carbocycles. The van der Waals surface area contributed by atoms with Crippen molar-refractivity contribution < 1.29 is 17.9 Å². The van der Waals surface area contributed by atoms with Gasteiger partial charge in [0.2, 0.25) is 5.88 Å². The summed E-state index contributed by atoms with van der Waals surface area (Å²) >= 11 is 5.87. The van der Waals surface area contributed by atoms with Crippen LogP contribution in [0, 0.1) is 0 Å². The van der Waals surface area contributed by atoms with Gasteiger partial charge in [0, 0.05) is 18.3 Å². The van der Waals surface area contributed by atoms with E-state index in [4.69, 9.17) is 16.3 Å². The van der Waals surface area contributed by atoms with Crippen molar-refractivity contribution in [1.82, 2.24) is 4.98 Å². The monoisotopic (exact) mass is 316 g/mol. The summed E-state index contributed by atoms with van der Waals surface area (Å²) in [5.41, 5.74) is -0.330. The lowest BCUT2D eigenvalue weighted by Gasteiger charge is -2.16. The Hall–Kier alpha value is -1.95. The molecule has 21 heavy (non-hydrogen) atoms. The average molecular weight is 317 g/mol. The highest BCUT2D eigenvalue weighted by molar-refractivity contribution is 6.33. The van der Waals surface area contributed by atoms with Crippen LogP contribution in [-0.4, -0.2) is 12.1 Å². The molecule has 0 saturated heterocycles. The first-order valence-electron chi connectivity index (χ1n) is 6.01. The Morgan fingerprint density at radius 1 is 1.24 bits per heavy atom. The molecular formula is C14H12ClF3N2O. The van der Waals surface area contributed by atoms with Gasteiger partial charge >= 0.3 is 6.18 Å². The first kappa shape index (κ1) is 15.4. The minimum atomic E-state index is -4.48. The molecule has 0 unspecified atom stereocenters. The van der Waals surface area contributed by atoms with Crippen LogP contribution in [0.5, 0.6) is 5.88 Å². The van der Waals surface area contributed by atoms with Gasteiger partial charge in [-0.05, 0) is 18.2 Å². The van der Waals surface area contributed by atoms with E-state index in [1.165, 1.54) is 19.2 Å². The zero-order valence-corrected chi connectivity index (χ0v) is 11.8. The van der Waals surface area contributed by atoms with Crippen LogP contribution in [-0.2, 0) is 12.7 Å². The number of methoxy groups -OCH3 is 1. The van der Waals surface area contributed by atoms with Gasteiger partial charge in [0.25, 0.3) is 0 Å². The summed E-state index contributed by atoms with van der Waals surface area (Å²) in [5, 5.41) is 2.71. The lowest BCUT2D eigenvalue weighted by Crippen LogP contribution is -2.11. The van der Waals surface area contributed by atoms with Crippen LogP contribution < -0.4 is 10.1 Å². The van der Waals surface area contributed by atoms with Crippen LogP contribution in [0.15, 0.2) is 36.5 Å². The van der Waals surface area contributed by atoms with Crippen molar-refractivity contribution in [2.24, 2.45) is 0 Å². The summed E-state index contributed by atoms with van der Waals surface area (Å²) in [4.78, 5) is 3.99. The van der Waals surface area contributed by atoms with E-state index < -0.39 is 11.7 Å². The number of aromatic nitrogens is 1. The number of nitrogens with zero attached hydrogens (tertiary/aromatic N) is 1. The maximum atomic E-state index is 13.0. The van der Waals surface area contributed by atoms with Crippen molar-refractivity contribution in [2.75, 3.05) is 12.4 Å². The Morgan fingerprint density at radius 2 is 2.00 bits per heavy atom. The molecule has 1 aromatic heterocycles. The second-order valence-electron chi connectivity index (χ2n) is 4.19. The van der Waals surface area contributed by atoms with Gasteiger partial charge in [-0.1, -0.05) is 23.7 Å². The molecule has 0 atom stereocenters. The van der Waals surface area contributed by atoms with E-state index in [1.54, 1.807) is 18.3 Å².